The number of thioether (sulfide) groups is 1. The van der Waals surface area contributed by atoms with E-state index in [1.165, 1.54) is 17.0 Å². The molecule has 1 aromatic carbocycles. The first kappa shape index (κ1) is 58.7. The number of hydrogen-bond donors (Lipinski definition) is 11. The fourth-order valence-corrected chi connectivity index (χ4v) is 8.01. The number of hydrogen-bond acceptors (Lipinski definition) is 13. The SMILES string of the molecule is CCCCN(CC(=O)N[C@@H](CC(C)C)C(=O)NCC(N)=O)C(=O)[C@@H]1CSCCCC(=O)N[C@@H](Cc2ccc(O)cc2)C(=O)N[C@@H]([C@@H](C)CC)C(=O)N[C@@H](CCC(N)=O)C(=O)N[C@@H](CC(N)=O)C(=O)N1. The molecule has 1 aromatic rings. The highest BCUT2D eigenvalue weighted by Crippen LogP contribution is 2.16. The standard InChI is InChI=1S/C45H71N11O12S/c1-6-8-17-56(23-38(62)51-30(19-25(3)4)40(63)49-22-36(48)60)45(68)33-24-69-18-9-10-37(61)50-31(20-27-11-13-28(57)14-12-27)43(66)55-39(26(5)7-2)44(67)52-29(15-16-34(46)58)41(64)53-32(21-35(47)59)42(65)54-33/h11-14,25-26,29-33,39,57H,6-10,15-24H2,1-5H3,(H2,46,58)(H2,47,59)(H2,48,60)(H,49,63)(H,50,61)(H,51,62)(H,52,67)(H,53,64)(H,54,65)(H,55,66)/t26-,29-,30-,31-,32-,33-,39-/m0/s1. The molecule has 14 N–H and O–H groups in total. The van der Waals surface area contributed by atoms with E-state index in [1.54, 1.807) is 26.0 Å². The third-order valence-corrected chi connectivity index (χ3v) is 12.1. The van der Waals surface area contributed by atoms with Gasteiger partial charge < -0.3 is 64.4 Å². The second-order valence-electron chi connectivity index (χ2n) is 17.4. The average molecular weight is 990 g/mol. The van der Waals surface area contributed by atoms with Crippen molar-refractivity contribution in [1.82, 2.24) is 42.1 Å². The molecule has 1 aliphatic rings. The highest BCUT2D eigenvalue weighted by atomic mass is 32.2. The molecule has 1 heterocycles. The molecule has 0 aliphatic carbocycles. The van der Waals surface area contributed by atoms with E-state index in [0.717, 1.165) is 11.8 Å². The van der Waals surface area contributed by atoms with E-state index < -0.39 is 133 Å². The predicted octanol–water partition coefficient (Wildman–Crippen LogP) is -2.17. The van der Waals surface area contributed by atoms with Crippen LogP contribution in [0.2, 0.25) is 0 Å². The lowest BCUT2D eigenvalue weighted by Crippen LogP contribution is -2.61. The summed E-state index contributed by atoms with van der Waals surface area (Å²) in [6.45, 7) is 7.91. The van der Waals surface area contributed by atoms with Gasteiger partial charge in [0, 0.05) is 31.6 Å². The van der Waals surface area contributed by atoms with Crippen LogP contribution in [0.5, 0.6) is 5.75 Å². The van der Waals surface area contributed by atoms with Crippen molar-refractivity contribution < 1.29 is 57.8 Å². The van der Waals surface area contributed by atoms with Crippen LogP contribution >= 0.6 is 11.8 Å². The highest BCUT2D eigenvalue weighted by molar-refractivity contribution is 7.99. The van der Waals surface area contributed by atoms with Crippen LogP contribution in [0.25, 0.3) is 0 Å². The number of aromatic hydroxyl groups is 1. The summed E-state index contributed by atoms with van der Waals surface area (Å²) < 4.78 is 0. The average Bonchev–Trinajstić information content (AvgIpc) is 3.28. The van der Waals surface area contributed by atoms with Crippen molar-refractivity contribution in [2.24, 2.45) is 29.0 Å². The Kier molecular flexibility index (Phi) is 25.6. The molecular formula is C45H71N11O12S. The fourth-order valence-electron chi connectivity index (χ4n) is 7.03. The van der Waals surface area contributed by atoms with Gasteiger partial charge in [0.25, 0.3) is 0 Å². The van der Waals surface area contributed by atoms with Crippen LogP contribution in [0.15, 0.2) is 24.3 Å². The Morgan fingerprint density at radius 3 is 2.04 bits per heavy atom. The summed E-state index contributed by atoms with van der Waals surface area (Å²) in [6.07, 6.45) is 0.0584. The zero-order chi connectivity index (χ0) is 51.8. The van der Waals surface area contributed by atoms with Crippen molar-refractivity contribution in [3.8, 4) is 5.75 Å². The molecule has 1 saturated heterocycles. The van der Waals surface area contributed by atoms with Crippen LogP contribution < -0.4 is 54.4 Å². The zero-order valence-corrected chi connectivity index (χ0v) is 40.9. The molecule has 23 nitrogen and oxygen atoms in total. The van der Waals surface area contributed by atoms with Crippen molar-refractivity contribution in [2.45, 2.75) is 135 Å². The third kappa shape index (κ3) is 22.0. The molecule has 11 amide bonds. The van der Waals surface area contributed by atoms with Crippen molar-refractivity contribution in [1.29, 1.82) is 0 Å². The molecule has 0 aromatic heterocycles. The highest BCUT2D eigenvalue weighted by Gasteiger charge is 2.36. The second-order valence-corrected chi connectivity index (χ2v) is 18.6. The van der Waals surface area contributed by atoms with Gasteiger partial charge in [-0.3, -0.25) is 52.7 Å². The Balaban J connectivity index is 2.63. The molecule has 0 radical (unpaired) electrons. The number of benzene rings is 1. The van der Waals surface area contributed by atoms with Crippen molar-refractivity contribution in [2.75, 3.05) is 31.1 Å². The Bertz CT molecular complexity index is 1970. The van der Waals surface area contributed by atoms with Gasteiger partial charge in [0.1, 0.15) is 42.0 Å². The molecular weight excluding hydrogens is 919 g/mol. The van der Waals surface area contributed by atoms with Gasteiger partial charge >= 0.3 is 0 Å². The van der Waals surface area contributed by atoms with E-state index in [4.69, 9.17) is 17.2 Å². The van der Waals surface area contributed by atoms with E-state index in [2.05, 4.69) is 37.2 Å². The summed E-state index contributed by atoms with van der Waals surface area (Å²) in [5, 5.41) is 27.8. The summed E-state index contributed by atoms with van der Waals surface area (Å²) in [7, 11) is 0. The molecule has 7 atom stereocenters. The number of unbranched alkanes of at least 4 members (excludes halogenated alkanes) is 1. The Labute approximate surface area is 406 Å². The van der Waals surface area contributed by atoms with Gasteiger partial charge in [0.2, 0.25) is 65.0 Å². The lowest BCUT2D eigenvalue weighted by atomic mass is 9.96. The largest absolute Gasteiger partial charge is 0.508 e. The van der Waals surface area contributed by atoms with E-state index in [0.29, 0.717) is 24.8 Å². The Morgan fingerprint density at radius 1 is 0.812 bits per heavy atom. The van der Waals surface area contributed by atoms with Crippen molar-refractivity contribution >= 4 is 76.7 Å². The molecule has 1 aliphatic heterocycles. The van der Waals surface area contributed by atoms with Crippen LogP contribution in [0.3, 0.4) is 0 Å². The number of amides is 11. The van der Waals surface area contributed by atoms with Crippen LogP contribution in [0.1, 0.15) is 98.0 Å². The van der Waals surface area contributed by atoms with Crippen molar-refractivity contribution in [3.63, 3.8) is 0 Å². The molecule has 0 unspecified atom stereocenters. The minimum Gasteiger partial charge on any atom is -0.508 e. The molecule has 24 heteroatoms. The molecule has 1 fully saturated rings. The monoisotopic (exact) mass is 990 g/mol. The first-order valence-electron chi connectivity index (χ1n) is 23.1. The summed E-state index contributed by atoms with van der Waals surface area (Å²) in [5.41, 5.74) is 16.7. The zero-order valence-electron chi connectivity index (χ0n) is 40.1. The fraction of sp³-hybridized carbons (Fsp3) is 0.622. The summed E-state index contributed by atoms with van der Waals surface area (Å²) >= 11 is 1.16. The van der Waals surface area contributed by atoms with Gasteiger partial charge in [-0.05, 0) is 61.0 Å². The van der Waals surface area contributed by atoms with Gasteiger partial charge in [-0.2, -0.15) is 11.8 Å². The molecule has 0 saturated carbocycles. The number of rotatable bonds is 21. The van der Waals surface area contributed by atoms with Gasteiger partial charge in [-0.1, -0.05) is 59.6 Å². The van der Waals surface area contributed by atoms with Gasteiger partial charge in [-0.25, -0.2) is 0 Å². The maximum Gasteiger partial charge on any atom is 0.246 e. The predicted molar refractivity (Wildman–Crippen MR) is 255 cm³/mol. The molecule has 384 valence electrons. The number of phenols is 1. The van der Waals surface area contributed by atoms with E-state index in [1.807, 2.05) is 20.8 Å². The van der Waals surface area contributed by atoms with Crippen molar-refractivity contribution in [3.05, 3.63) is 29.8 Å². The smallest absolute Gasteiger partial charge is 0.246 e. The number of phenolic OH excluding ortho intramolecular Hbond substituents is 1. The second kappa shape index (κ2) is 30.1. The number of primary amides is 3. The number of carbonyl (C=O) groups is 11. The minimum atomic E-state index is -1.73. The van der Waals surface area contributed by atoms with E-state index >= 15 is 0 Å². The number of nitrogens with one attached hydrogen (secondary N) is 7. The van der Waals surface area contributed by atoms with Crippen LogP contribution in [0, 0.1) is 11.8 Å². The quantitative estimate of drug-likeness (QED) is 0.0626. The Hall–Kier alpha value is -6.46. The van der Waals surface area contributed by atoms with E-state index in [-0.39, 0.29) is 61.8 Å². The van der Waals surface area contributed by atoms with E-state index in [9.17, 15) is 57.8 Å². The Morgan fingerprint density at radius 2 is 1.45 bits per heavy atom. The lowest BCUT2D eigenvalue weighted by Gasteiger charge is -2.30. The normalized spacial score (nSPS) is 20.9. The minimum absolute atomic E-state index is 0.0242. The molecule has 0 spiro atoms. The number of nitrogens with two attached hydrogens (primary N) is 3. The van der Waals surface area contributed by atoms with Crippen LogP contribution in [0.4, 0.5) is 0 Å². The topological polar surface area (TPSA) is 374 Å². The maximum atomic E-state index is 14.5. The summed E-state index contributed by atoms with van der Waals surface area (Å²) in [4.78, 5) is 147. The molecule has 2 rings (SSSR count). The van der Waals surface area contributed by atoms with Crippen LogP contribution in [-0.2, 0) is 59.2 Å². The summed E-state index contributed by atoms with van der Waals surface area (Å²) in [5.74, 6) is -9.55. The number of carbonyl (C=O) groups excluding carboxylic acids is 11. The van der Waals surface area contributed by atoms with Gasteiger partial charge in [0.05, 0.1) is 19.5 Å². The number of nitrogens with zero attached hydrogens (tertiary/aromatic N) is 1. The summed E-state index contributed by atoms with van der Waals surface area (Å²) in [6, 6.07) is -2.34. The molecule has 0 bridgehead atoms. The first-order valence-corrected chi connectivity index (χ1v) is 24.3. The molecule has 69 heavy (non-hydrogen) atoms. The lowest BCUT2D eigenvalue weighted by molar-refractivity contribution is -0.140. The van der Waals surface area contributed by atoms with Gasteiger partial charge in [-0.15, -0.1) is 0 Å². The van der Waals surface area contributed by atoms with Crippen LogP contribution in [-0.4, -0.2) is 142 Å². The van der Waals surface area contributed by atoms with Gasteiger partial charge in [0.15, 0.2) is 0 Å². The maximum absolute atomic E-state index is 14.5. The third-order valence-electron chi connectivity index (χ3n) is 11.0. The first-order chi connectivity index (χ1) is 32.5.